The van der Waals surface area contributed by atoms with E-state index < -0.39 is 0 Å². The minimum atomic E-state index is 0.306. The van der Waals surface area contributed by atoms with Crippen molar-refractivity contribution >= 4 is 22.7 Å². The number of aryl methyl sites for hydroxylation is 2. The van der Waals surface area contributed by atoms with E-state index in [9.17, 15) is 0 Å². The molecule has 0 radical (unpaired) electrons. The van der Waals surface area contributed by atoms with Crippen molar-refractivity contribution in [2.45, 2.75) is 32.7 Å². The Kier molecular flexibility index (Phi) is 4.01. The van der Waals surface area contributed by atoms with E-state index in [1.165, 1.54) is 12.8 Å². The van der Waals surface area contributed by atoms with Crippen LogP contribution in [0.4, 0.5) is 11.8 Å². The fourth-order valence-electron chi connectivity index (χ4n) is 4.91. The molecule has 3 aromatic rings. The van der Waals surface area contributed by atoms with Crippen molar-refractivity contribution in [1.82, 2.24) is 25.1 Å². The fourth-order valence-corrected chi connectivity index (χ4v) is 4.91. The van der Waals surface area contributed by atoms with Gasteiger partial charge in [0.25, 0.3) is 0 Å². The van der Waals surface area contributed by atoms with Crippen LogP contribution < -0.4 is 16.4 Å². The van der Waals surface area contributed by atoms with Gasteiger partial charge in [0, 0.05) is 35.3 Å². The highest BCUT2D eigenvalue weighted by Gasteiger charge is 2.37. The van der Waals surface area contributed by atoms with Crippen molar-refractivity contribution in [1.29, 1.82) is 0 Å². The molecule has 2 aliphatic rings. The molecule has 1 aliphatic heterocycles. The third kappa shape index (κ3) is 2.81. The Morgan fingerprint density at radius 2 is 1.89 bits per heavy atom. The van der Waals surface area contributed by atoms with Gasteiger partial charge < -0.3 is 16.4 Å². The summed E-state index contributed by atoms with van der Waals surface area (Å²) in [5.41, 5.74) is 11.1. The van der Waals surface area contributed by atoms with Crippen LogP contribution in [0.3, 0.4) is 0 Å². The Morgan fingerprint density at radius 3 is 2.64 bits per heavy atom. The number of nitrogen functional groups attached to an aromatic ring is 1. The second-order valence-electron chi connectivity index (χ2n) is 8.34. The minimum absolute atomic E-state index is 0.306. The lowest BCUT2D eigenvalue weighted by molar-refractivity contribution is 0.494. The summed E-state index contributed by atoms with van der Waals surface area (Å²) in [6.07, 6.45) is 2.38. The molecule has 1 aromatic carbocycles. The lowest BCUT2D eigenvalue weighted by Gasteiger charge is -2.18. The molecule has 1 saturated heterocycles. The van der Waals surface area contributed by atoms with E-state index >= 15 is 0 Å². The molecule has 4 N–H and O–H groups in total. The van der Waals surface area contributed by atoms with Crippen LogP contribution in [0.25, 0.3) is 22.2 Å². The number of benzene rings is 1. The second-order valence-corrected chi connectivity index (χ2v) is 8.34. The monoisotopic (exact) mass is 377 g/mol. The SMILES string of the molecule is Cc1c(NC2CC3CNCC3C2)nc(N)nc1-c1ccc2c(C)n(C)nc2c1. The van der Waals surface area contributed by atoms with Crippen LogP contribution in [0.2, 0.25) is 0 Å². The van der Waals surface area contributed by atoms with E-state index in [1.54, 1.807) is 0 Å². The Balaban J connectivity index is 1.48. The van der Waals surface area contributed by atoms with E-state index in [-0.39, 0.29) is 0 Å². The zero-order valence-corrected chi connectivity index (χ0v) is 16.7. The van der Waals surface area contributed by atoms with Gasteiger partial charge in [0.15, 0.2) is 0 Å². The largest absolute Gasteiger partial charge is 0.368 e. The maximum Gasteiger partial charge on any atom is 0.222 e. The van der Waals surface area contributed by atoms with E-state index in [0.717, 1.165) is 64.2 Å². The molecule has 1 saturated carbocycles. The summed E-state index contributed by atoms with van der Waals surface area (Å²) in [4.78, 5) is 9.07. The molecule has 2 aromatic heterocycles. The first kappa shape index (κ1) is 17.4. The Bertz CT molecular complexity index is 1040. The van der Waals surface area contributed by atoms with Crippen molar-refractivity contribution in [2.24, 2.45) is 18.9 Å². The molecule has 7 nitrogen and oxygen atoms in total. The first-order valence-corrected chi connectivity index (χ1v) is 10.0. The molecule has 0 bridgehead atoms. The predicted molar refractivity (Wildman–Crippen MR) is 112 cm³/mol. The van der Waals surface area contributed by atoms with Crippen molar-refractivity contribution in [2.75, 3.05) is 24.1 Å². The van der Waals surface area contributed by atoms with Gasteiger partial charge >= 0.3 is 0 Å². The average molecular weight is 377 g/mol. The molecule has 0 spiro atoms. The highest BCUT2D eigenvalue weighted by molar-refractivity contribution is 5.86. The van der Waals surface area contributed by atoms with E-state index in [2.05, 4.69) is 57.7 Å². The number of nitrogens with zero attached hydrogens (tertiary/aromatic N) is 4. The maximum absolute atomic E-state index is 6.08. The number of hydrogen-bond acceptors (Lipinski definition) is 6. The maximum atomic E-state index is 6.08. The standard InChI is InChI=1S/C21H27N7/c1-11-19(13-4-5-17-12(2)28(3)27-18(17)8-13)25-21(22)26-20(11)24-16-6-14-9-23-10-15(14)7-16/h4-5,8,14-16,23H,6-7,9-10H2,1-3H3,(H3,22,24,25,26). The van der Waals surface area contributed by atoms with Gasteiger partial charge in [0.05, 0.1) is 11.2 Å². The van der Waals surface area contributed by atoms with Crippen molar-refractivity contribution in [3.8, 4) is 11.3 Å². The van der Waals surface area contributed by atoms with E-state index in [4.69, 9.17) is 5.73 Å². The quantitative estimate of drug-likeness (QED) is 0.650. The molecule has 2 atom stereocenters. The van der Waals surface area contributed by atoms with Crippen molar-refractivity contribution in [3.63, 3.8) is 0 Å². The average Bonchev–Trinajstić information content (AvgIpc) is 3.32. The second kappa shape index (κ2) is 6.44. The molecule has 2 fully saturated rings. The normalized spacial score (nSPS) is 24.0. The third-order valence-corrected chi connectivity index (χ3v) is 6.56. The Morgan fingerprint density at radius 1 is 1.14 bits per heavy atom. The molecule has 5 rings (SSSR count). The smallest absolute Gasteiger partial charge is 0.222 e. The summed E-state index contributed by atoms with van der Waals surface area (Å²) in [6, 6.07) is 6.76. The number of nitrogens with two attached hydrogens (primary N) is 1. The van der Waals surface area contributed by atoms with Crippen LogP contribution in [0, 0.1) is 25.7 Å². The van der Waals surface area contributed by atoms with Gasteiger partial charge in [-0.25, -0.2) is 4.98 Å². The van der Waals surface area contributed by atoms with Gasteiger partial charge in [-0.1, -0.05) is 12.1 Å². The van der Waals surface area contributed by atoms with E-state index in [1.807, 2.05) is 11.7 Å². The number of hydrogen-bond donors (Lipinski definition) is 3. The molecule has 1 aliphatic carbocycles. The lowest BCUT2D eigenvalue weighted by Crippen LogP contribution is -2.22. The Labute approximate surface area is 164 Å². The summed E-state index contributed by atoms with van der Waals surface area (Å²) in [5, 5.41) is 12.9. The number of fused-ring (bicyclic) bond motifs is 2. The third-order valence-electron chi connectivity index (χ3n) is 6.56. The summed E-state index contributed by atoms with van der Waals surface area (Å²) in [5.74, 6) is 2.73. The van der Waals surface area contributed by atoms with Crippen LogP contribution >= 0.6 is 0 Å². The summed E-state index contributed by atoms with van der Waals surface area (Å²) in [7, 11) is 1.97. The van der Waals surface area contributed by atoms with Gasteiger partial charge in [-0.15, -0.1) is 0 Å². The lowest BCUT2D eigenvalue weighted by atomic mass is 10.0. The number of rotatable bonds is 3. The molecule has 3 heterocycles. The molecular weight excluding hydrogens is 350 g/mol. The molecule has 28 heavy (non-hydrogen) atoms. The van der Waals surface area contributed by atoms with Gasteiger partial charge in [-0.3, -0.25) is 4.68 Å². The first-order valence-electron chi connectivity index (χ1n) is 10.0. The molecule has 2 unspecified atom stereocenters. The predicted octanol–water partition coefficient (Wildman–Crippen LogP) is 2.64. The van der Waals surface area contributed by atoms with Crippen LogP contribution in [0.5, 0.6) is 0 Å². The molecule has 146 valence electrons. The van der Waals surface area contributed by atoms with Gasteiger partial charge in [0.2, 0.25) is 5.95 Å². The van der Waals surface area contributed by atoms with E-state index in [0.29, 0.717) is 12.0 Å². The minimum Gasteiger partial charge on any atom is -0.368 e. The molecule has 7 heteroatoms. The van der Waals surface area contributed by atoms with Crippen LogP contribution in [0.1, 0.15) is 24.1 Å². The van der Waals surface area contributed by atoms with Crippen LogP contribution in [-0.2, 0) is 7.05 Å². The number of aromatic nitrogens is 4. The first-order chi connectivity index (χ1) is 13.5. The van der Waals surface area contributed by atoms with Gasteiger partial charge in [-0.05, 0) is 57.7 Å². The molecular formula is C21H27N7. The van der Waals surface area contributed by atoms with Gasteiger partial charge in [0.1, 0.15) is 5.82 Å². The van der Waals surface area contributed by atoms with Crippen LogP contribution in [0.15, 0.2) is 18.2 Å². The topological polar surface area (TPSA) is 93.7 Å². The summed E-state index contributed by atoms with van der Waals surface area (Å²) < 4.78 is 1.91. The van der Waals surface area contributed by atoms with Crippen LogP contribution in [-0.4, -0.2) is 38.9 Å². The van der Waals surface area contributed by atoms with Crippen molar-refractivity contribution < 1.29 is 0 Å². The summed E-state index contributed by atoms with van der Waals surface area (Å²) in [6.45, 7) is 6.44. The fraction of sp³-hybridized carbons (Fsp3) is 0.476. The Hall–Kier alpha value is -2.67. The highest BCUT2D eigenvalue weighted by atomic mass is 15.3. The van der Waals surface area contributed by atoms with Gasteiger partial charge in [-0.2, -0.15) is 10.1 Å². The number of anilines is 2. The highest BCUT2D eigenvalue weighted by Crippen LogP contribution is 2.37. The number of nitrogens with one attached hydrogen (secondary N) is 2. The molecule has 0 amide bonds. The van der Waals surface area contributed by atoms with Crippen molar-refractivity contribution in [3.05, 3.63) is 29.5 Å². The summed E-state index contributed by atoms with van der Waals surface area (Å²) >= 11 is 0. The zero-order chi connectivity index (χ0) is 19.4. The zero-order valence-electron chi connectivity index (χ0n) is 16.7.